The lowest BCUT2D eigenvalue weighted by atomic mass is 9.96. The molecule has 1 amide bonds. The quantitative estimate of drug-likeness (QED) is 0.317. The van der Waals surface area contributed by atoms with Crippen LogP contribution in [0.5, 0.6) is 5.75 Å². The normalized spacial score (nSPS) is 18.1. The van der Waals surface area contributed by atoms with E-state index >= 15 is 0 Å². The van der Waals surface area contributed by atoms with E-state index in [1.54, 1.807) is 12.2 Å². The van der Waals surface area contributed by atoms with E-state index in [9.17, 15) is 23.1 Å². The number of carbonyl (C=O) groups is 2. The van der Waals surface area contributed by atoms with Crippen molar-refractivity contribution in [1.82, 2.24) is 9.79 Å². The van der Waals surface area contributed by atoms with Crippen LogP contribution in [-0.2, 0) is 24.4 Å². The van der Waals surface area contributed by atoms with Crippen LogP contribution in [0, 0.1) is 5.92 Å². The lowest BCUT2D eigenvalue weighted by molar-refractivity contribution is -0.152. The van der Waals surface area contributed by atoms with E-state index < -0.39 is 40.0 Å². The molecule has 10 heteroatoms. The predicted molar refractivity (Wildman–Crippen MR) is 140 cm³/mol. The second kappa shape index (κ2) is 12.0. The molecule has 2 N–H and O–H groups in total. The summed E-state index contributed by atoms with van der Waals surface area (Å²) >= 11 is 0. The molecule has 198 valence electrons. The number of carbonyl (C=O) groups excluding carboxylic acids is 1. The Morgan fingerprint density at radius 1 is 0.921 bits per heavy atom. The van der Waals surface area contributed by atoms with Crippen molar-refractivity contribution in [3.8, 4) is 5.75 Å². The number of aliphatic carboxylic acids is 1. The van der Waals surface area contributed by atoms with Crippen molar-refractivity contribution in [2.24, 2.45) is 5.92 Å². The molecule has 1 aliphatic heterocycles. The zero-order chi connectivity index (χ0) is 27.1. The third-order valence-electron chi connectivity index (χ3n) is 6.27. The van der Waals surface area contributed by atoms with E-state index in [-0.39, 0.29) is 17.9 Å². The van der Waals surface area contributed by atoms with Crippen LogP contribution < -0.4 is 10.2 Å². The molecule has 2 unspecified atom stereocenters. The second-order valence-electron chi connectivity index (χ2n) is 8.63. The number of carboxylic acid groups (broad SMARTS) is 1. The molecule has 1 heterocycles. The highest BCUT2D eigenvalue weighted by Crippen LogP contribution is 2.29. The summed E-state index contributed by atoms with van der Waals surface area (Å²) in [5.41, 5.74) is 3.88. The standard InChI is InChI=1S/C28H28N2O7S/c1-36-22-15-17-23(18-16-22)38(34,35)30-19-9-8-14-24(28(32)33)25(30)27(31)29-37-26(20-10-4-2-5-11-20)21-12-6-3-7-13-21/h2-13,15-18,24-26H,14,19H2,1H3,(H,29,31)(H,32,33). The van der Waals surface area contributed by atoms with Gasteiger partial charge in [0.1, 0.15) is 17.9 Å². The Morgan fingerprint density at radius 2 is 1.50 bits per heavy atom. The number of nitrogens with one attached hydrogen (secondary N) is 1. The van der Waals surface area contributed by atoms with Crippen molar-refractivity contribution in [2.45, 2.75) is 23.5 Å². The molecule has 0 bridgehead atoms. The van der Waals surface area contributed by atoms with Crippen LogP contribution in [0.3, 0.4) is 0 Å². The molecule has 3 aromatic carbocycles. The molecule has 0 saturated carbocycles. The first-order chi connectivity index (χ1) is 18.3. The Balaban J connectivity index is 1.66. The lowest BCUT2D eigenvalue weighted by Crippen LogP contribution is -2.54. The summed E-state index contributed by atoms with van der Waals surface area (Å²) in [5.74, 6) is -3.06. The van der Waals surface area contributed by atoms with Gasteiger partial charge in [0.05, 0.1) is 17.9 Å². The number of sulfonamides is 1. The van der Waals surface area contributed by atoms with Crippen LogP contribution in [0.25, 0.3) is 0 Å². The number of hydroxylamine groups is 1. The van der Waals surface area contributed by atoms with Crippen LogP contribution in [0.1, 0.15) is 23.7 Å². The average Bonchev–Trinajstić information content (AvgIpc) is 3.18. The molecule has 3 aromatic rings. The summed E-state index contributed by atoms with van der Waals surface area (Å²) in [6, 6.07) is 22.5. The fourth-order valence-electron chi connectivity index (χ4n) is 4.31. The molecule has 2 atom stereocenters. The van der Waals surface area contributed by atoms with E-state index in [1.807, 2.05) is 60.7 Å². The first kappa shape index (κ1) is 27.1. The maximum Gasteiger partial charge on any atom is 0.308 e. The summed E-state index contributed by atoms with van der Waals surface area (Å²) in [4.78, 5) is 31.5. The van der Waals surface area contributed by atoms with Crippen molar-refractivity contribution in [1.29, 1.82) is 0 Å². The number of benzene rings is 3. The summed E-state index contributed by atoms with van der Waals surface area (Å²) in [7, 11) is -2.81. The largest absolute Gasteiger partial charge is 0.497 e. The highest BCUT2D eigenvalue weighted by atomic mass is 32.2. The van der Waals surface area contributed by atoms with Gasteiger partial charge in [0.15, 0.2) is 0 Å². The van der Waals surface area contributed by atoms with Gasteiger partial charge in [0.2, 0.25) is 10.0 Å². The Kier molecular flexibility index (Phi) is 8.57. The molecule has 0 fully saturated rings. The summed E-state index contributed by atoms with van der Waals surface area (Å²) in [6.07, 6.45) is 2.38. The summed E-state index contributed by atoms with van der Waals surface area (Å²) < 4.78 is 33.3. The Labute approximate surface area is 221 Å². The third-order valence-corrected chi connectivity index (χ3v) is 8.13. The van der Waals surface area contributed by atoms with E-state index in [1.165, 1.54) is 31.4 Å². The zero-order valence-corrected chi connectivity index (χ0v) is 21.5. The first-order valence-corrected chi connectivity index (χ1v) is 13.4. The van der Waals surface area contributed by atoms with Gasteiger partial charge in [-0.05, 0) is 41.8 Å². The fourth-order valence-corrected chi connectivity index (χ4v) is 5.88. The van der Waals surface area contributed by atoms with E-state index in [4.69, 9.17) is 9.57 Å². The topological polar surface area (TPSA) is 122 Å². The number of allylic oxidation sites excluding steroid dienone is 1. The Bertz CT molecular complexity index is 1340. The third kappa shape index (κ3) is 5.94. The number of hydrogen-bond acceptors (Lipinski definition) is 6. The number of ether oxygens (including phenoxy) is 1. The molecule has 0 saturated heterocycles. The first-order valence-electron chi connectivity index (χ1n) is 11.9. The molecule has 0 radical (unpaired) electrons. The van der Waals surface area contributed by atoms with Gasteiger partial charge in [-0.3, -0.25) is 14.4 Å². The highest BCUT2D eigenvalue weighted by Gasteiger charge is 2.44. The minimum Gasteiger partial charge on any atom is -0.497 e. The van der Waals surface area contributed by atoms with Gasteiger partial charge in [0.25, 0.3) is 5.91 Å². The molecular weight excluding hydrogens is 508 g/mol. The van der Waals surface area contributed by atoms with E-state index in [2.05, 4.69) is 5.48 Å². The molecular formula is C28H28N2O7S. The minimum absolute atomic E-state index is 0.0249. The molecule has 4 rings (SSSR count). The monoisotopic (exact) mass is 536 g/mol. The maximum atomic E-state index is 13.6. The van der Waals surface area contributed by atoms with Crippen molar-refractivity contribution in [2.75, 3.05) is 13.7 Å². The van der Waals surface area contributed by atoms with Gasteiger partial charge in [-0.2, -0.15) is 4.31 Å². The minimum atomic E-state index is -4.27. The molecule has 38 heavy (non-hydrogen) atoms. The molecule has 0 aromatic heterocycles. The fraction of sp³-hybridized carbons (Fsp3) is 0.214. The van der Waals surface area contributed by atoms with Crippen LogP contribution in [0.2, 0.25) is 0 Å². The van der Waals surface area contributed by atoms with Crippen molar-refractivity contribution in [3.05, 3.63) is 108 Å². The SMILES string of the molecule is COc1ccc(S(=O)(=O)N2CC=CCC(C(=O)O)C2C(=O)NOC(c2ccccc2)c2ccccc2)cc1. The van der Waals surface area contributed by atoms with Crippen LogP contribution in [-0.4, -0.2) is 49.4 Å². The van der Waals surface area contributed by atoms with Crippen molar-refractivity contribution >= 4 is 21.9 Å². The van der Waals surface area contributed by atoms with Gasteiger partial charge < -0.3 is 9.84 Å². The predicted octanol–water partition coefficient (Wildman–Crippen LogP) is 3.55. The molecule has 9 nitrogen and oxygen atoms in total. The van der Waals surface area contributed by atoms with Crippen LogP contribution in [0.4, 0.5) is 0 Å². The Hall–Kier alpha value is -3.99. The van der Waals surface area contributed by atoms with E-state index in [0.717, 1.165) is 15.4 Å². The van der Waals surface area contributed by atoms with Crippen LogP contribution in [0.15, 0.2) is 102 Å². The number of nitrogens with zero attached hydrogens (tertiary/aromatic N) is 1. The smallest absolute Gasteiger partial charge is 0.308 e. The average molecular weight is 537 g/mol. The summed E-state index contributed by atoms with van der Waals surface area (Å²) in [6.45, 7) is -0.184. The second-order valence-corrected chi connectivity index (χ2v) is 10.5. The molecule has 0 spiro atoms. The van der Waals surface area contributed by atoms with Gasteiger partial charge in [-0.15, -0.1) is 0 Å². The Morgan fingerprint density at radius 3 is 2.03 bits per heavy atom. The molecule has 0 aliphatic carbocycles. The van der Waals surface area contributed by atoms with E-state index in [0.29, 0.717) is 5.75 Å². The zero-order valence-electron chi connectivity index (χ0n) is 20.6. The van der Waals surface area contributed by atoms with Crippen LogP contribution >= 0.6 is 0 Å². The lowest BCUT2D eigenvalue weighted by Gasteiger charge is -2.31. The number of hydrogen-bond donors (Lipinski definition) is 2. The van der Waals surface area contributed by atoms with Gasteiger partial charge in [0, 0.05) is 6.54 Å². The van der Waals surface area contributed by atoms with Crippen molar-refractivity contribution in [3.63, 3.8) is 0 Å². The number of carboxylic acids is 1. The molecule has 1 aliphatic rings. The number of amides is 1. The summed E-state index contributed by atoms with van der Waals surface area (Å²) in [5, 5.41) is 9.95. The van der Waals surface area contributed by atoms with Crippen molar-refractivity contribution < 1.29 is 32.7 Å². The van der Waals surface area contributed by atoms with Gasteiger partial charge in [-0.1, -0.05) is 72.8 Å². The van der Waals surface area contributed by atoms with Gasteiger partial charge >= 0.3 is 5.97 Å². The number of rotatable bonds is 9. The van der Waals surface area contributed by atoms with Gasteiger partial charge in [-0.25, -0.2) is 13.9 Å². The maximum absolute atomic E-state index is 13.6. The number of methoxy groups -OCH3 is 1. The highest BCUT2D eigenvalue weighted by molar-refractivity contribution is 7.89.